The highest BCUT2D eigenvalue weighted by Crippen LogP contribution is 2.46. The number of ether oxygens (including phenoxy) is 2. The van der Waals surface area contributed by atoms with Crippen LogP contribution in [0.2, 0.25) is 0 Å². The molecule has 4 atom stereocenters. The van der Waals surface area contributed by atoms with E-state index in [1.807, 2.05) is 12.4 Å². The van der Waals surface area contributed by atoms with Crippen molar-refractivity contribution in [2.75, 3.05) is 13.1 Å². The van der Waals surface area contributed by atoms with Gasteiger partial charge in [0.05, 0.1) is 24.7 Å². The Labute approximate surface area is 260 Å². The predicted octanol–water partition coefficient (Wildman–Crippen LogP) is 7.70. The number of esters is 4. The van der Waals surface area contributed by atoms with Gasteiger partial charge in [-0.25, -0.2) is 0 Å². The molecule has 0 aromatic heterocycles. The Morgan fingerprint density at radius 1 is 0.674 bits per heavy atom. The first kappa shape index (κ1) is 36.8. The molecule has 2 aliphatic heterocycles. The van der Waals surface area contributed by atoms with Crippen molar-refractivity contribution in [3.05, 3.63) is 0 Å². The van der Waals surface area contributed by atoms with Gasteiger partial charge in [0, 0.05) is 13.1 Å². The summed E-state index contributed by atoms with van der Waals surface area (Å²) in [6, 6.07) is 0. The predicted molar refractivity (Wildman–Crippen MR) is 171 cm³/mol. The number of unbranched alkanes of at least 4 members (excludes halogenated alkanes) is 2. The van der Waals surface area contributed by atoms with Crippen molar-refractivity contribution >= 4 is 36.3 Å². The summed E-state index contributed by atoms with van der Waals surface area (Å²) in [5.41, 5.74) is 0.146. The lowest BCUT2D eigenvalue weighted by molar-refractivity contribution is -0.155. The van der Waals surface area contributed by atoms with Crippen molar-refractivity contribution in [1.29, 1.82) is 0 Å². The molecule has 0 amide bonds. The van der Waals surface area contributed by atoms with Crippen molar-refractivity contribution in [3.63, 3.8) is 0 Å². The number of carbonyl (C=O) groups is 4. The van der Waals surface area contributed by atoms with E-state index in [0.717, 1.165) is 70.9 Å². The normalized spacial score (nSPS) is 22.8. The minimum atomic E-state index is -0.400. The highest BCUT2D eigenvalue weighted by molar-refractivity contribution is 5.95. The molecule has 2 aliphatic rings. The van der Waals surface area contributed by atoms with Crippen LogP contribution in [-0.2, 0) is 28.7 Å². The van der Waals surface area contributed by atoms with Crippen LogP contribution in [0, 0.1) is 33.5 Å². The summed E-state index contributed by atoms with van der Waals surface area (Å²) in [7, 11) is 0. The first-order valence-corrected chi connectivity index (χ1v) is 16.5. The average molecular weight is 603 g/mol. The van der Waals surface area contributed by atoms with E-state index in [2.05, 4.69) is 60.4 Å². The van der Waals surface area contributed by atoms with E-state index in [9.17, 15) is 19.2 Å². The minimum absolute atomic E-state index is 0.0134. The van der Waals surface area contributed by atoms with Crippen molar-refractivity contribution in [2.45, 2.75) is 139 Å². The van der Waals surface area contributed by atoms with Crippen LogP contribution in [0.1, 0.15) is 139 Å². The third-order valence-corrected chi connectivity index (χ3v) is 9.66. The lowest BCUT2D eigenvalue weighted by atomic mass is 9.65. The lowest BCUT2D eigenvalue weighted by Gasteiger charge is -2.39. The summed E-state index contributed by atoms with van der Waals surface area (Å²) >= 11 is 0. The fourth-order valence-corrected chi connectivity index (χ4v) is 7.20. The van der Waals surface area contributed by atoms with Gasteiger partial charge in [-0.1, -0.05) is 68.2 Å². The molecule has 244 valence electrons. The highest BCUT2D eigenvalue weighted by Gasteiger charge is 2.41. The first-order valence-electron chi connectivity index (χ1n) is 16.5. The molecule has 8 nitrogen and oxygen atoms in total. The van der Waals surface area contributed by atoms with Gasteiger partial charge < -0.3 is 9.47 Å². The van der Waals surface area contributed by atoms with Gasteiger partial charge in [-0.15, -0.1) is 0 Å². The Morgan fingerprint density at radius 2 is 1.16 bits per heavy atom. The fourth-order valence-electron chi connectivity index (χ4n) is 7.20. The monoisotopic (exact) mass is 602 g/mol. The number of rotatable bonds is 20. The van der Waals surface area contributed by atoms with E-state index in [0.29, 0.717) is 12.8 Å². The second-order valence-corrected chi connectivity index (χ2v) is 15.4. The lowest BCUT2D eigenvalue weighted by Crippen LogP contribution is -2.30. The van der Waals surface area contributed by atoms with Crippen molar-refractivity contribution in [2.24, 2.45) is 43.5 Å². The summed E-state index contributed by atoms with van der Waals surface area (Å²) < 4.78 is 9.51. The first-order chi connectivity index (χ1) is 20.0. The van der Waals surface area contributed by atoms with Crippen LogP contribution < -0.4 is 0 Å². The van der Waals surface area contributed by atoms with Crippen LogP contribution in [0.15, 0.2) is 9.98 Å². The van der Waals surface area contributed by atoms with Crippen molar-refractivity contribution < 1.29 is 28.7 Å². The summed E-state index contributed by atoms with van der Waals surface area (Å²) in [5.74, 6) is -2.13. The number of aliphatic imine (C=N–C) groups is 2. The topological polar surface area (TPSA) is 111 Å². The maximum Gasteiger partial charge on any atom is 0.317 e. The Kier molecular flexibility index (Phi) is 13.8. The molecule has 0 bridgehead atoms. The van der Waals surface area contributed by atoms with Gasteiger partial charge in [-0.3, -0.25) is 29.2 Å². The maximum atomic E-state index is 12.0. The molecular weight excluding hydrogens is 544 g/mol. The molecule has 8 heteroatoms. The van der Waals surface area contributed by atoms with Gasteiger partial charge in [-0.2, -0.15) is 0 Å². The van der Waals surface area contributed by atoms with E-state index >= 15 is 0 Å². The molecule has 0 N–H and O–H groups in total. The smallest absolute Gasteiger partial charge is 0.317 e. The van der Waals surface area contributed by atoms with Crippen LogP contribution in [0.3, 0.4) is 0 Å². The van der Waals surface area contributed by atoms with Gasteiger partial charge in [-0.05, 0) is 91.9 Å². The quantitative estimate of drug-likeness (QED) is 0.0611. The Balaban J connectivity index is 1.65. The largest absolute Gasteiger partial charge is 0.393 e. The van der Waals surface area contributed by atoms with E-state index in [1.165, 1.54) is 0 Å². The molecule has 2 heterocycles. The van der Waals surface area contributed by atoms with E-state index < -0.39 is 11.9 Å². The molecule has 0 aliphatic carbocycles. The van der Waals surface area contributed by atoms with E-state index in [4.69, 9.17) is 14.5 Å². The number of cyclic esters (lactones) is 4. The highest BCUT2D eigenvalue weighted by atomic mass is 16.6. The summed E-state index contributed by atoms with van der Waals surface area (Å²) in [6.07, 6.45) is 14.7. The number of carbonyl (C=O) groups excluding carboxylic acids is 4. The molecule has 0 saturated carbocycles. The molecule has 0 aromatic rings. The van der Waals surface area contributed by atoms with Crippen LogP contribution >= 0.6 is 0 Å². The number of hydrogen-bond donors (Lipinski definition) is 0. The molecule has 0 radical (unpaired) electrons. The molecule has 2 fully saturated rings. The summed E-state index contributed by atoms with van der Waals surface area (Å²) in [5, 5.41) is 0. The van der Waals surface area contributed by atoms with Gasteiger partial charge in [0.25, 0.3) is 0 Å². The van der Waals surface area contributed by atoms with Crippen LogP contribution in [0.5, 0.6) is 0 Å². The molecular formula is C35H58N2O6. The van der Waals surface area contributed by atoms with Gasteiger partial charge in [0.15, 0.2) is 0 Å². The third kappa shape index (κ3) is 13.0. The van der Waals surface area contributed by atoms with Crippen LogP contribution in [-0.4, -0.2) is 49.4 Å². The van der Waals surface area contributed by atoms with Crippen LogP contribution in [0.4, 0.5) is 0 Å². The fraction of sp³-hybridized carbons (Fsp3) is 0.829. The third-order valence-electron chi connectivity index (χ3n) is 9.66. The molecule has 2 saturated heterocycles. The second kappa shape index (κ2) is 16.1. The van der Waals surface area contributed by atoms with Crippen molar-refractivity contribution in [1.82, 2.24) is 0 Å². The molecule has 43 heavy (non-hydrogen) atoms. The summed E-state index contributed by atoms with van der Waals surface area (Å²) in [6.45, 7) is 19.4. The van der Waals surface area contributed by atoms with E-state index in [1.54, 1.807) is 0 Å². The molecule has 0 spiro atoms. The molecule has 4 unspecified atom stereocenters. The minimum Gasteiger partial charge on any atom is -0.393 e. The van der Waals surface area contributed by atoms with Crippen molar-refractivity contribution in [3.8, 4) is 0 Å². The zero-order valence-electron chi connectivity index (χ0n) is 28.3. The van der Waals surface area contributed by atoms with Gasteiger partial charge in [0.2, 0.25) is 0 Å². The van der Waals surface area contributed by atoms with Gasteiger partial charge >= 0.3 is 23.9 Å². The van der Waals surface area contributed by atoms with Gasteiger partial charge in [0.1, 0.15) is 0 Å². The summed E-state index contributed by atoms with van der Waals surface area (Å²) in [4.78, 5) is 56.2. The molecule has 2 rings (SSSR count). The Hall–Kier alpha value is -2.38. The zero-order chi connectivity index (χ0) is 32.3. The zero-order valence-corrected chi connectivity index (χ0v) is 28.3. The number of nitrogens with zero attached hydrogens (tertiary/aromatic N) is 2. The standard InChI is InChI=1S/C35H58N2O6/c1-9-34(7,25-35(8,10-2)23-27-21-29(39)43-31(27)41)15-19-37-17-13-11-12-16-36-18-14-32(3,4)24-33(5,6)22-26-20-28(38)42-30(26)40/h16-17,26-27H,9-15,18-25H2,1-8H3. The SMILES string of the molecule is CCC(C)(CCN=CCCCC=NCCC(C)(C)CC(C)(C)CC1CC(=O)OC1=O)CC(C)(CC)CC1CC(=O)OC1=O. The Bertz CT molecular complexity index is 1030. The number of hydrogen-bond acceptors (Lipinski definition) is 8. The maximum absolute atomic E-state index is 12.0. The molecule has 0 aromatic carbocycles. The van der Waals surface area contributed by atoms with E-state index in [-0.39, 0.29) is 58.3 Å². The van der Waals surface area contributed by atoms with Crippen LogP contribution in [0.25, 0.3) is 0 Å². The second-order valence-electron chi connectivity index (χ2n) is 15.4. The average Bonchev–Trinajstić information content (AvgIpc) is 3.38. The Morgan fingerprint density at radius 3 is 1.63 bits per heavy atom.